The third kappa shape index (κ3) is 3.41. The Labute approximate surface area is 115 Å². The number of nitrogens with zero attached hydrogens (tertiary/aromatic N) is 2. The first-order valence-electron chi connectivity index (χ1n) is 5.23. The summed E-state index contributed by atoms with van der Waals surface area (Å²) in [6.07, 6.45) is 5.54. The molecule has 1 aromatic heterocycles. The maximum Gasteiger partial charge on any atom is 0.0946 e. The van der Waals surface area contributed by atoms with Gasteiger partial charge < -0.3 is 4.57 Å². The van der Waals surface area contributed by atoms with Gasteiger partial charge in [-0.05, 0) is 12.1 Å². The summed E-state index contributed by atoms with van der Waals surface area (Å²) in [5, 5.41) is 1.79. The molecule has 2 nitrogen and oxygen atoms in total. The van der Waals surface area contributed by atoms with Crippen LogP contribution >= 0.6 is 35.0 Å². The number of benzene rings is 1. The molecule has 0 amide bonds. The minimum atomic E-state index is 0.376. The first-order chi connectivity index (χ1) is 8.16. The molecule has 5 heteroatoms. The van der Waals surface area contributed by atoms with E-state index in [9.17, 15) is 0 Å². The molecule has 0 saturated heterocycles. The van der Waals surface area contributed by atoms with Crippen molar-refractivity contribution in [3.63, 3.8) is 0 Å². The summed E-state index contributed by atoms with van der Waals surface area (Å²) in [6.45, 7) is 3.02. The Morgan fingerprint density at radius 1 is 1.35 bits per heavy atom. The Balaban J connectivity index is 2.05. The molecule has 1 aromatic carbocycles. The molecule has 90 valence electrons. The van der Waals surface area contributed by atoms with E-state index in [4.69, 9.17) is 23.2 Å². The van der Waals surface area contributed by atoms with E-state index in [0.717, 1.165) is 11.4 Å². The highest BCUT2D eigenvalue weighted by atomic mass is 35.5. The Morgan fingerprint density at radius 2 is 2.06 bits per heavy atom. The number of rotatable bonds is 4. The lowest BCUT2D eigenvalue weighted by Gasteiger charge is -2.13. The van der Waals surface area contributed by atoms with Crippen LogP contribution < -0.4 is 0 Å². The van der Waals surface area contributed by atoms with Gasteiger partial charge in [0.15, 0.2) is 0 Å². The lowest BCUT2D eigenvalue weighted by Crippen LogP contribution is -2.07. The molecular formula is C12H12Cl2N2S. The summed E-state index contributed by atoms with van der Waals surface area (Å²) in [5.74, 6) is 0. The first kappa shape index (κ1) is 12.8. The largest absolute Gasteiger partial charge is 0.336 e. The van der Waals surface area contributed by atoms with Crippen LogP contribution in [0.4, 0.5) is 0 Å². The van der Waals surface area contributed by atoms with Crippen LogP contribution in [0.1, 0.15) is 6.92 Å². The molecule has 0 aliphatic rings. The smallest absolute Gasteiger partial charge is 0.0946 e. The van der Waals surface area contributed by atoms with Crippen LogP contribution in [0.5, 0.6) is 0 Å². The second kappa shape index (κ2) is 5.80. The Kier molecular flexibility index (Phi) is 4.37. The van der Waals surface area contributed by atoms with Gasteiger partial charge in [0.2, 0.25) is 0 Å². The van der Waals surface area contributed by atoms with Crippen molar-refractivity contribution in [2.75, 3.05) is 0 Å². The molecule has 1 heterocycles. The molecule has 0 aliphatic carbocycles. The van der Waals surface area contributed by atoms with Crippen molar-refractivity contribution in [2.45, 2.75) is 23.6 Å². The van der Waals surface area contributed by atoms with E-state index < -0.39 is 0 Å². The minimum Gasteiger partial charge on any atom is -0.336 e. The molecule has 1 atom stereocenters. The van der Waals surface area contributed by atoms with Gasteiger partial charge in [0, 0.05) is 29.1 Å². The summed E-state index contributed by atoms with van der Waals surface area (Å²) >= 11 is 13.9. The number of hydrogen-bond donors (Lipinski definition) is 0. The fourth-order valence-electron chi connectivity index (χ4n) is 1.53. The van der Waals surface area contributed by atoms with E-state index in [1.165, 1.54) is 0 Å². The molecule has 0 aliphatic heterocycles. The highest BCUT2D eigenvalue weighted by Crippen LogP contribution is 2.36. The predicted molar refractivity (Wildman–Crippen MR) is 74.0 cm³/mol. The van der Waals surface area contributed by atoms with Crippen LogP contribution in [-0.2, 0) is 6.54 Å². The average Bonchev–Trinajstić information content (AvgIpc) is 2.76. The summed E-state index contributed by atoms with van der Waals surface area (Å²) in [7, 11) is 0. The van der Waals surface area contributed by atoms with Gasteiger partial charge in [-0.25, -0.2) is 4.98 Å². The first-order valence-corrected chi connectivity index (χ1v) is 6.87. The lowest BCUT2D eigenvalue weighted by molar-refractivity contribution is 0.691. The van der Waals surface area contributed by atoms with Gasteiger partial charge in [0.05, 0.1) is 16.4 Å². The summed E-state index contributed by atoms with van der Waals surface area (Å²) < 4.78 is 2.04. The third-order valence-electron chi connectivity index (χ3n) is 2.27. The average molecular weight is 287 g/mol. The van der Waals surface area contributed by atoms with Crippen LogP contribution in [0.25, 0.3) is 0 Å². The zero-order valence-corrected chi connectivity index (χ0v) is 11.6. The molecule has 2 rings (SSSR count). The fraction of sp³-hybridized carbons (Fsp3) is 0.250. The number of imidazole rings is 1. The minimum absolute atomic E-state index is 0.376. The number of hydrogen-bond acceptors (Lipinski definition) is 2. The van der Waals surface area contributed by atoms with Crippen molar-refractivity contribution in [1.29, 1.82) is 0 Å². The van der Waals surface area contributed by atoms with Crippen molar-refractivity contribution in [1.82, 2.24) is 9.55 Å². The highest BCUT2D eigenvalue weighted by Gasteiger charge is 2.11. The monoisotopic (exact) mass is 286 g/mol. The second-order valence-corrected chi connectivity index (χ2v) is 6.00. The Morgan fingerprint density at radius 3 is 2.65 bits per heavy atom. The molecule has 0 N–H and O–H groups in total. The van der Waals surface area contributed by atoms with Gasteiger partial charge in [0.1, 0.15) is 0 Å². The topological polar surface area (TPSA) is 17.8 Å². The third-order valence-corrected chi connectivity index (χ3v) is 4.35. The van der Waals surface area contributed by atoms with E-state index in [-0.39, 0.29) is 0 Å². The van der Waals surface area contributed by atoms with Crippen LogP contribution in [0.2, 0.25) is 10.0 Å². The van der Waals surface area contributed by atoms with Crippen LogP contribution in [0.3, 0.4) is 0 Å². The van der Waals surface area contributed by atoms with Gasteiger partial charge in [-0.1, -0.05) is 36.2 Å². The normalized spacial score (nSPS) is 12.6. The molecule has 0 saturated carbocycles. The summed E-state index contributed by atoms with van der Waals surface area (Å²) in [4.78, 5) is 4.97. The quantitative estimate of drug-likeness (QED) is 0.777. The van der Waals surface area contributed by atoms with Crippen molar-refractivity contribution >= 4 is 35.0 Å². The number of aromatic nitrogens is 2. The maximum atomic E-state index is 6.13. The summed E-state index contributed by atoms with van der Waals surface area (Å²) in [5.41, 5.74) is 0. The number of halogens is 2. The molecule has 2 aromatic rings. The molecule has 0 bridgehead atoms. The van der Waals surface area contributed by atoms with Gasteiger partial charge >= 0.3 is 0 Å². The van der Waals surface area contributed by atoms with E-state index >= 15 is 0 Å². The van der Waals surface area contributed by atoms with E-state index in [1.54, 1.807) is 18.0 Å². The van der Waals surface area contributed by atoms with Gasteiger partial charge in [-0.3, -0.25) is 0 Å². The molecular weight excluding hydrogens is 275 g/mol. The zero-order chi connectivity index (χ0) is 12.3. The van der Waals surface area contributed by atoms with Crippen molar-refractivity contribution < 1.29 is 0 Å². The highest BCUT2D eigenvalue weighted by molar-refractivity contribution is 8.00. The van der Waals surface area contributed by atoms with Crippen LogP contribution in [0.15, 0.2) is 41.8 Å². The van der Waals surface area contributed by atoms with Gasteiger partial charge in [-0.2, -0.15) is 0 Å². The zero-order valence-electron chi connectivity index (χ0n) is 9.31. The SMILES string of the molecule is CC(Cn1ccnc1)Sc1c(Cl)cccc1Cl. The standard InChI is InChI=1S/C12H12Cl2N2S/c1-9(7-16-6-5-15-8-16)17-12-10(13)3-2-4-11(12)14/h2-6,8-9H,7H2,1H3. The Bertz CT molecular complexity index is 465. The molecule has 0 fully saturated rings. The van der Waals surface area contributed by atoms with Crippen molar-refractivity contribution in [3.05, 3.63) is 47.0 Å². The molecule has 0 spiro atoms. The second-order valence-electron chi connectivity index (χ2n) is 3.74. The van der Waals surface area contributed by atoms with Crippen molar-refractivity contribution in [2.24, 2.45) is 0 Å². The predicted octanol–water partition coefficient (Wildman–Crippen LogP) is 4.37. The molecule has 17 heavy (non-hydrogen) atoms. The summed E-state index contributed by atoms with van der Waals surface area (Å²) in [6, 6.07) is 5.58. The lowest BCUT2D eigenvalue weighted by atomic mass is 10.4. The van der Waals surface area contributed by atoms with E-state index in [2.05, 4.69) is 11.9 Å². The fourth-order valence-corrected chi connectivity index (χ4v) is 3.20. The van der Waals surface area contributed by atoms with E-state index in [1.807, 2.05) is 35.3 Å². The van der Waals surface area contributed by atoms with E-state index in [0.29, 0.717) is 15.3 Å². The maximum absolute atomic E-state index is 6.13. The number of thioether (sulfide) groups is 1. The molecule has 1 unspecified atom stereocenters. The molecule has 0 radical (unpaired) electrons. The van der Waals surface area contributed by atoms with Crippen LogP contribution in [0, 0.1) is 0 Å². The van der Waals surface area contributed by atoms with Gasteiger partial charge in [-0.15, -0.1) is 11.8 Å². The van der Waals surface area contributed by atoms with Gasteiger partial charge in [0.25, 0.3) is 0 Å². The van der Waals surface area contributed by atoms with Crippen molar-refractivity contribution in [3.8, 4) is 0 Å². The van der Waals surface area contributed by atoms with Crippen LogP contribution in [-0.4, -0.2) is 14.8 Å². The Hall–Kier alpha value is -0.640.